The van der Waals surface area contributed by atoms with Crippen molar-refractivity contribution in [3.63, 3.8) is 0 Å². The first kappa shape index (κ1) is 30.8. The van der Waals surface area contributed by atoms with Gasteiger partial charge < -0.3 is 29.3 Å². The van der Waals surface area contributed by atoms with Gasteiger partial charge in [-0.2, -0.15) is 15.0 Å². The highest BCUT2D eigenvalue weighted by molar-refractivity contribution is 6.06. The van der Waals surface area contributed by atoms with Gasteiger partial charge >= 0.3 is 6.03 Å². The van der Waals surface area contributed by atoms with Gasteiger partial charge in [-0.1, -0.05) is 13.3 Å². The van der Waals surface area contributed by atoms with Crippen molar-refractivity contribution >= 4 is 29.4 Å². The molecule has 3 N–H and O–H groups in total. The standard InChI is InChI=1S/C33H44N8O4/c1-3-25(2)37-32(42)40(24-34)29-9-7-27(8-10-29)38-17-19-39(20-18-38)28-11-13-30(14-12-28)43-21-31-22-44-33(45-31,26-5-4-6-26)23-41-35-15-16-36-41/h7-16,24-26,31,34H,3-6,17-23H2,1-2H3,(H,37,42)/p+1. The van der Waals surface area contributed by atoms with E-state index < -0.39 is 5.79 Å². The molecule has 0 spiro atoms. The van der Waals surface area contributed by atoms with Gasteiger partial charge in [-0.3, -0.25) is 5.41 Å². The second-order valence-corrected chi connectivity index (χ2v) is 12.1. The van der Waals surface area contributed by atoms with E-state index in [4.69, 9.17) is 19.6 Å². The number of piperazine rings is 1. The van der Waals surface area contributed by atoms with Gasteiger partial charge in [-0.05, 0) is 74.7 Å². The Bertz CT molecular complexity index is 1390. The highest BCUT2D eigenvalue weighted by Gasteiger charge is 2.51. The third-order valence-electron chi connectivity index (χ3n) is 9.20. The molecule has 45 heavy (non-hydrogen) atoms. The van der Waals surface area contributed by atoms with Crippen molar-refractivity contribution in [2.45, 2.75) is 64.0 Å². The number of amides is 2. The van der Waals surface area contributed by atoms with Gasteiger partial charge in [0.1, 0.15) is 30.7 Å². The molecular weight excluding hydrogens is 572 g/mol. The molecule has 1 saturated carbocycles. The molecule has 1 aliphatic carbocycles. The molecule has 3 atom stereocenters. The largest absolute Gasteiger partial charge is 0.491 e. The Kier molecular flexibility index (Phi) is 9.50. The molecule has 12 heteroatoms. The Morgan fingerprint density at radius 2 is 1.69 bits per heavy atom. The molecule has 2 saturated heterocycles. The van der Waals surface area contributed by atoms with E-state index in [2.05, 4.69) is 37.4 Å². The summed E-state index contributed by atoms with van der Waals surface area (Å²) in [6, 6.07) is 16.1. The van der Waals surface area contributed by atoms with Crippen LogP contribution in [0, 0.1) is 5.92 Å². The fraction of sp³-hybridized carbons (Fsp3) is 0.515. The Morgan fingerprint density at radius 1 is 1.07 bits per heavy atom. The average molecular weight is 618 g/mol. The van der Waals surface area contributed by atoms with Crippen LogP contribution in [-0.4, -0.2) is 84.7 Å². The van der Waals surface area contributed by atoms with Gasteiger partial charge in [0.05, 0.1) is 19.0 Å². The molecule has 0 radical (unpaired) electrons. The van der Waals surface area contributed by atoms with E-state index >= 15 is 0 Å². The third kappa shape index (κ3) is 7.07. The Morgan fingerprint density at radius 3 is 2.24 bits per heavy atom. The summed E-state index contributed by atoms with van der Waals surface area (Å²) in [4.78, 5) is 20.4. The van der Waals surface area contributed by atoms with E-state index in [1.165, 1.54) is 23.3 Å². The molecule has 6 rings (SSSR count). The molecule has 12 nitrogen and oxygen atoms in total. The average Bonchev–Trinajstić information content (AvgIpc) is 3.70. The van der Waals surface area contributed by atoms with E-state index in [1.807, 2.05) is 50.2 Å². The number of carbonyl (C=O) groups is 1. The van der Waals surface area contributed by atoms with Crippen LogP contribution >= 0.6 is 0 Å². The second-order valence-electron chi connectivity index (χ2n) is 12.1. The second kappa shape index (κ2) is 13.9. The molecular formula is C33H45N8O4+. The minimum atomic E-state index is -0.674. The van der Waals surface area contributed by atoms with Crippen LogP contribution in [0.2, 0.25) is 0 Å². The number of benzene rings is 2. The Balaban J connectivity index is 0.971. The fourth-order valence-electron chi connectivity index (χ4n) is 6.11. The van der Waals surface area contributed by atoms with Crippen molar-refractivity contribution in [1.82, 2.24) is 20.3 Å². The monoisotopic (exact) mass is 617 g/mol. The van der Waals surface area contributed by atoms with Crippen LogP contribution in [0.4, 0.5) is 21.9 Å². The maximum absolute atomic E-state index is 12.6. The molecule has 1 aromatic heterocycles. The van der Waals surface area contributed by atoms with Crippen LogP contribution in [0.1, 0.15) is 39.5 Å². The normalized spacial score (nSPS) is 22.5. The number of carbonyl (C=O) groups excluding carboxylic acids is 1. The lowest BCUT2D eigenvalue weighted by Gasteiger charge is -2.40. The van der Waals surface area contributed by atoms with Crippen LogP contribution in [0.3, 0.4) is 0 Å². The highest BCUT2D eigenvalue weighted by Crippen LogP contribution is 2.43. The maximum atomic E-state index is 12.6. The van der Waals surface area contributed by atoms with Crippen molar-refractivity contribution in [1.29, 1.82) is 0 Å². The lowest BCUT2D eigenvalue weighted by molar-refractivity contribution is -0.233. The predicted octanol–water partition coefficient (Wildman–Crippen LogP) is 2.70. The summed E-state index contributed by atoms with van der Waals surface area (Å²) in [5, 5.41) is 17.3. The molecule has 0 bridgehead atoms. The zero-order valence-electron chi connectivity index (χ0n) is 26.3. The lowest BCUT2D eigenvalue weighted by Crippen LogP contribution is -2.50. The number of nitrogens with zero attached hydrogens (tertiary/aromatic N) is 6. The number of nitrogens with one attached hydrogen (secondary N) is 1. The summed E-state index contributed by atoms with van der Waals surface area (Å²) in [6.45, 7) is 9.04. The summed E-state index contributed by atoms with van der Waals surface area (Å²) in [5.74, 6) is 0.504. The third-order valence-corrected chi connectivity index (χ3v) is 9.20. The topological polar surface area (TPSA) is 123 Å². The van der Waals surface area contributed by atoms with E-state index in [0.717, 1.165) is 62.6 Å². The molecule has 2 amide bonds. The van der Waals surface area contributed by atoms with Crippen LogP contribution in [-0.2, 0) is 16.0 Å². The van der Waals surface area contributed by atoms with Crippen molar-refractivity contribution < 1.29 is 24.4 Å². The zero-order chi connectivity index (χ0) is 31.2. The quantitative estimate of drug-likeness (QED) is 0.235. The van der Waals surface area contributed by atoms with E-state index in [9.17, 15) is 4.79 Å². The van der Waals surface area contributed by atoms with Gasteiger partial charge in [0.2, 0.25) is 6.34 Å². The number of urea groups is 1. The summed E-state index contributed by atoms with van der Waals surface area (Å²) in [5.41, 5.74) is 3.04. The summed E-state index contributed by atoms with van der Waals surface area (Å²) < 4.78 is 18.9. The van der Waals surface area contributed by atoms with Gasteiger partial charge in [-0.25, -0.2) is 4.79 Å². The summed E-state index contributed by atoms with van der Waals surface area (Å²) in [7, 11) is 0. The van der Waals surface area contributed by atoms with Gasteiger partial charge in [0.15, 0.2) is 5.79 Å². The van der Waals surface area contributed by atoms with Gasteiger partial charge in [0, 0.05) is 49.5 Å². The smallest absolute Gasteiger partial charge is 0.413 e. The molecule has 3 fully saturated rings. The van der Waals surface area contributed by atoms with Crippen LogP contribution in [0.15, 0.2) is 60.9 Å². The molecule has 240 valence electrons. The first-order valence-corrected chi connectivity index (χ1v) is 16.1. The number of nitrogens with two attached hydrogens (primary N) is 1. The van der Waals surface area contributed by atoms with Crippen molar-refractivity contribution in [2.24, 2.45) is 5.92 Å². The van der Waals surface area contributed by atoms with E-state index in [1.54, 1.807) is 17.2 Å². The summed E-state index contributed by atoms with van der Waals surface area (Å²) >= 11 is 0. The minimum Gasteiger partial charge on any atom is -0.491 e. The Labute approximate surface area is 264 Å². The lowest BCUT2D eigenvalue weighted by atomic mass is 9.78. The van der Waals surface area contributed by atoms with Crippen molar-refractivity contribution in [3.8, 4) is 5.75 Å². The van der Waals surface area contributed by atoms with Crippen LogP contribution in [0.5, 0.6) is 5.75 Å². The first-order valence-electron chi connectivity index (χ1n) is 16.1. The highest BCUT2D eigenvalue weighted by atomic mass is 16.8. The molecule has 3 heterocycles. The van der Waals surface area contributed by atoms with Crippen LogP contribution in [0.25, 0.3) is 0 Å². The van der Waals surface area contributed by atoms with E-state index in [-0.39, 0.29) is 18.2 Å². The van der Waals surface area contributed by atoms with Gasteiger partial charge in [0.25, 0.3) is 0 Å². The van der Waals surface area contributed by atoms with Crippen molar-refractivity contribution in [2.75, 3.05) is 54.1 Å². The molecule has 2 aliphatic heterocycles. The number of ether oxygens (including phenoxy) is 3. The number of aromatic nitrogens is 3. The van der Waals surface area contributed by atoms with Crippen molar-refractivity contribution in [3.05, 3.63) is 60.9 Å². The Hall–Kier alpha value is -4.16. The van der Waals surface area contributed by atoms with Crippen LogP contribution < -0.4 is 30.2 Å². The summed E-state index contributed by atoms with van der Waals surface area (Å²) in [6.07, 6.45) is 8.79. The number of rotatable bonds is 12. The minimum absolute atomic E-state index is 0.0789. The molecule has 3 aliphatic rings. The number of anilines is 3. The molecule has 3 aromatic rings. The first-order chi connectivity index (χ1) is 22.0. The van der Waals surface area contributed by atoms with E-state index in [0.29, 0.717) is 25.7 Å². The fourth-order valence-corrected chi connectivity index (χ4v) is 6.11. The van der Waals surface area contributed by atoms with Gasteiger partial charge in [-0.15, -0.1) is 4.90 Å². The molecule has 2 aromatic carbocycles. The molecule has 3 unspecified atom stereocenters. The predicted molar refractivity (Wildman–Crippen MR) is 172 cm³/mol. The number of hydrogen-bond acceptors (Lipinski definition) is 8. The maximum Gasteiger partial charge on any atom is 0.413 e. The number of hydrogen-bond donors (Lipinski definition) is 2. The SMILES string of the molecule is CCC(C)NC(=O)N(C=[NH2+])c1ccc(N2CCN(c3ccc(OCC4COC(Cn5nccn5)(C5CCC5)O4)cc3)CC2)cc1. The zero-order valence-corrected chi connectivity index (χ0v) is 26.3.